The molecule has 1 aliphatic carbocycles. The van der Waals surface area contributed by atoms with Crippen LogP contribution < -0.4 is 0 Å². The minimum absolute atomic E-state index is 0.404. The van der Waals surface area contributed by atoms with Gasteiger partial charge in [0.15, 0.2) is 0 Å². The molecule has 0 aromatic heterocycles. The van der Waals surface area contributed by atoms with Gasteiger partial charge in [-0.1, -0.05) is 0 Å². The van der Waals surface area contributed by atoms with Gasteiger partial charge < -0.3 is 0 Å². The molecular weight excluding hydrogens is 235 g/mol. The van der Waals surface area contributed by atoms with E-state index in [-0.39, 0.29) is 0 Å². The van der Waals surface area contributed by atoms with Gasteiger partial charge in [0, 0.05) is 0 Å². The summed E-state index contributed by atoms with van der Waals surface area (Å²) < 4.78 is 0.480. The first-order valence-electron chi connectivity index (χ1n) is 4.22. The maximum atomic E-state index is 11.4. The molecule has 0 atom stereocenters. The van der Waals surface area contributed by atoms with Gasteiger partial charge in [0.1, 0.15) is 0 Å². The molecule has 0 amide bonds. The van der Waals surface area contributed by atoms with E-state index >= 15 is 0 Å². The molecule has 0 saturated heterocycles. The summed E-state index contributed by atoms with van der Waals surface area (Å²) in [5, 5.41) is 0. The van der Waals surface area contributed by atoms with Gasteiger partial charge in [-0.05, 0) is 0 Å². The standard InChI is InChI=1S/C5H5.3CO.3CH3.Mn/c1-2-4-5-3-1;3*1-2;;;;/h1-3H,4H2;;;;3*1H3;. The van der Waals surface area contributed by atoms with E-state index in [0.29, 0.717) is 10.9 Å². The van der Waals surface area contributed by atoms with Crippen molar-refractivity contribution in [2.75, 3.05) is 0 Å². The molecule has 0 radical (unpaired) electrons. The molecule has 3 nitrogen and oxygen atoms in total. The Morgan fingerprint density at radius 1 is 1.07 bits per heavy atom. The summed E-state index contributed by atoms with van der Waals surface area (Å²) in [6, 6.07) is 0. The van der Waals surface area contributed by atoms with Crippen LogP contribution in [0.15, 0.2) is 22.7 Å². The van der Waals surface area contributed by atoms with Crippen LogP contribution >= 0.6 is 0 Å². The van der Waals surface area contributed by atoms with Crippen LogP contribution in [0.2, 0.25) is 17.5 Å². The molecule has 1 rings (SSSR count). The van der Waals surface area contributed by atoms with Crippen LogP contribution in [0.3, 0.4) is 0 Å². The number of hydrogen-bond donors (Lipinski definition) is 0. The van der Waals surface area contributed by atoms with E-state index in [4.69, 9.17) is 0 Å². The molecule has 0 N–H and O–H groups in total. The fourth-order valence-electron chi connectivity index (χ4n) is 1.25. The van der Waals surface area contributed by atoms with E-state index < -0.39 is 8.37 Å². The molecule has 0 spiro atoms. The zero-order valence-corrected chi connectivity index (χ0v) is 10.2. The van der Waals surface area contributed by atoms with Gasteiger partial charge in [-0.3, -0.25) is 0 Å². The first kappa shape index (κ1) is 11.8. The van der Waals surface area contributed by atoms with Crippen LogP contribution in [-0.4, -0.2) is 14.4 Å². The van der Waals surface area contributed by atoms with Gasteiger partial charge in [-0.25, -0.2) is 0 Å². The molecule has 4 heteroatoms. The van der Waals surface area contributed by atoms with Gasteiger partial charge in [0.2, 0.25) is 0 Å². The fraction of sp³-hybridized carbons (Fsp3) is 0.364. The summed E-state index contributed by atoms with van der Waals surface area (Å²) in [5.41, 5.74) is 0. The Morgan fingerprint density at radius 3 is 1.80 bits per heavy atom. The van der Waals surface area contributed by atoms with Crippen molar-refractivity contribution >= 4 is 14.4 Å². The average molecular weight is 249 g/mol. The molecule has 0 unspecified atom stereocenters. The zero-order valence-electron chi connectivity index (χ0n) is 9.04. The molecule has 15 heavy (non-hydrogen) atoms. The zero-order chi connectivity index (χ0) is 11.9. The first-order chi connectivity index (χ1) is 6.59. The molecular formula is C11H14MnO3. The predicted octanol–water partition coefficient (Wildman–Crippen LogP) is 1.94. The van der Waals surface area contributed by atoms with Crippen molar-refractivity contribution < 1.29 is 22.7 Å². The number of hydrogen-bond acceptors (Lipinski definition) is 3. The van der Waals surface area contributed by atoms with Crippen LogP contribution in [0.25, 0.3) is 0 Å². The van der Waals surface area contributed by atoms with Crippen molar-refractivity contribution in [3.05, 3.63) is 22.7 Å². The van der Waals surface area contributed by atoms with Crippen molar-refractivity contribution in [3.63, 3.8) is 0 Å². The van der Waals surface area contributed by atoms with E-state index in [1.807, 2.05) is 0 Å². The Bertz CT molecular complexity index is 729. The second kappa shape index (κ2) is 1.99. The molecule has 83 valence electrons. The number of rotatable bonds is 1. The Hall–Kier alpha value is -1.26. The summed E-state index contributed by atoms with van der Waals surface area (Å²) in [6.45, 7) is 0. The van der Waals surface area contributed by atoms with Gasteiger partial charge in [-0.2, -0.15) is 0 Å². The van der Waals surface area contributed by atoms with Crippen molar-refractivity contribution in [1.29, 1.82) is 0 Å². The van der Waals surface area contributed by atoms with Crippen LogP contribution in [0, 0.1) is 0 Å². The SMILES string of the molecule is [CH3][Mn]([CH3])([CH3])(=[C]=O)(=[C]=O)(=[C]=O)[C]1=CC=CC1. The monoisotopic (exact) mass is 249 g/mol. The first-order valence-corrected chi connectivity index (χ1v) is 10.1. The van der Waals surface area contributed by atoms with Crippen molar-refractivity contribution in [2.24, 2.45) is 0 Å². The molecule has 0 saturated carbocycles. The summed E-state index contributed by atoms with van der Waals surface area (Å²) in [6.07, 6.45) is 5.53. The van der Waals surface area contributed by atoms with Crippen LogP contribution in [0.5, 0.6) is 0 Å². The van der Waals surface area contributed by atoms with Gasteiger partial charge in [0.05, 0.1) is 0 Å². The summed E-state index contributed by atoms with van der Waals surface area (Å²) in [4.78, 5) is 39.4. The Morgan fingerprint density at radius 2 is 1.53 bits per heavy atom. The Balaban J connectivity index is 4.55. The van der Waals surface area contributed by atoms with Gasteiger partial charge in [-0.15, -0.1) is 0 Å². The Kier molecular flexibility index (Phi) is 1.56. The van der Waals surface area contributed by atoms with Crippen LogP contribution in [0.1, 0.15) is 6.42 Å². The average Bonchev–Trinajstić information content (AvgIpc) is 2.75. The number of allylic oxidation sites excluding steroid dienone is 4. The summed E-state index contributed by atoms with van der Waals surface area (Å²) in [5.74, 6) is 4.10. The summed E-state index contributed by atoms with van der Waals surface area (Å²) >= 11 is 0. The Labute approximate surface area is 84.0 Å². The van der Waals surface area contributed by atoms with E-state index in [0.717, 1.165) is 0 Å². The van der Waals surface area contributed by atoms with Crippen molar-refractivity contribution in [3.8, 4) is 0 Å². The van der Waals surface area contributed by atoms with E-state index in [1.54, 1.807) is 32.6 Å². The molecule has 0 fully saturated rings. The minimum atomic E-state index is -5.42. The van der Waals surface area contributed by atoms with Crippen LogP contribution in [-0.2, 0) is 22.7 Å². The third-order valence-electron chi connectivity index (χ3n) is 2.86. The third kappa shape index (κ3) is 1.15. The van der Waals surface area contributed by atoms with Crippen molar-refractivity contribution in [1.82, 2.24) is 0 Å². The van der Waals surface area contributed by atoms with E-state index in [2.05, 4.69) is 0 Å². The van der Waals surface area contributed by atoms with Gasteiger partial charge >= 0.3 is 83.7 Å². The maximum absolute atomic E-state index is 11.4. The van der Waals surface area contributed by atoms with Crippen LogP contribution in [0.4, 0.5) is 0 Å². The molecule has 0 aliphatic heterocycles. The fourth-order valence-corrected chi connectivity index (χ4v) is 4.08. The normalized spacial score (nSPS) is 22.1. The summed E-state index contributed by atoms with van der Waals surface area (Å²) in [7, 11) is -5.42. The molecule has 0 bridgehead atoms. The second-order valence-corrected chi connectivity index (χ2v) is 19.3. The second-order valence-electron chi connectivity index (χ2n) is 5.45. The third-order valence-corrected chi connectivity index (χ3v) is 9.96. The molecule has 1 aliphatic rings. The topological polar surface area (TPSA) is 51.2 Å². The van der Waals surface area contributed by atoms with E-state index in [1.165, 1.54) is 17.5 Å². The van der Waals surface area contributed by atoms with Crippen molar-refractivity contribution in [2.45, 2.75) is 23.9 Å². The quantitative estimate of drug-likeness (QED) is 0.667. The molecule has 0 heterocycles. The molecule has 0 aromatic rings. The van der Waals surface area contributed by atoms with E-state index in [9.17, 15) is 14.4 Å². The van der Waals surface area contributed by atoms with Gasteiger partial charge in [0.25, 0.3) is 0 Å². The predicted molar refractivity (Wildman–Crippen MR) is 56.5 cm³/mol. The molecule has 0 aromatic carbocycles. The number of carbonyl (C=O) groups excluding carboxylic acids is 3.